The highest BCUT2D eigenvalue weighted by Gasteiger charge is 2.54. The van der Waals surface area contributed by atoms with Gasteiger partial charge in [-0.25, -0.2) is 9.59 Å². The molecule has 1 fully saturated rings. The van der Waals surface area contributed by atoms with Gasteiger partial charge in [0, 0.05) is 28.9 Å². The lowest BCUT2D eigenvalue weighted by Gasteiger charge is -2.49. The molecule has 3 aromatic rings. The quantitative estimate of drug-likeness (QED) is 0.0714. The van der Waals surface area contributed by atoms with Crippen LogP contribution < -0.4 is 15.6 Å². The van der Waals surface area contributed by atoms with E-state index in [1.54, 1.807) is 22.9 Å². The maximum atomic E-state index is 13.2. The highest BCUT2D eigenvalue weighted by atomic mass is 32.2. The number of carbonyl (C=O) groups excluding carboxylic acids is 2. The van der Waals surface area contributed by atoms with Crippen LogP contribution in [0.1, 0.15) is 30.8 Å². The van der Waals surface area contributed by atoms with Gasteiger partial charge in [-0.2, -0.15) is 13.9 Å². The van der Waals surface area contributed by atoms with Gasteiger partial charge in [0.2, 0.25) is 29.1 Å². The molecule has 1 aromatic carbocycles. The number of amides is 2. The molecule has 0 aliphatic carbocycles. The lowest BCUT2D eigenvalue weighted by Crippen LogP contribution is -2.71. The van der Waals surface area contributed by atoms with E-state index in [-0.39, 0.29) is 33.9 Å². The Labute approximate surface area is 274 Å². The molecule has 2 aromatic heterocycles. The minimum Gasteiger partial charge on any atom is -0.504 e. The number of allylic oxidation sites excluding steroid dienone is 1. The van der Waals surface area contributed by atoms with Crippen LogP contribution in [0.15, 0.2) is 65.2 Å². The van der Waals surface area contributed by atoms with E-state index in [0.29, 0.717) is 12.1 Å². The number of hydrogen-bond donors (Lipinski definition) is 6. The molecule has 0 unspecified atom stereocenters. The number of aromatic nitrogens is 3. The van der Waals surface area contributed by atoms with E-state index in [0.717, 1.165) is 27.6 Å². The van der Waals surface area contributed by atoms with Crippen molar-refractivity contribution in [2.24, 2.45) is 5.16 Å². The fraction of sp³-hybridized carbons (Fsp3) is 0.241. The number of carbonyl (C=O) groups is 4. The van der Waals surface area contributed by atoms with Crippen LogP contribution in [0.3, 0.4) is 0 Å². The van der Waals surface area contributed by atoms with Crippen LogP contribution in [0.4, 0.5) is 5.13 Å². The van der Waals surface area contributed by atoms with Crippen molar-refractivity contribution in [2.45, 2.75) is 37.4 Å². The first kappa shape index (κ1) is 32.9. The third-order valence-electron chi connectivity index (χ3n) is 7.03. The fourth-order valence-electron chi connectivity index (χ4n) is 4.45. The Balaban J connectivity index is 1.29. The molecule has 7 N–H and O–H groups in total. The van der Waals surface area contributed by atoms with Crippen molar-refractivity contribution in [3.8, 4) is 11.5 Å². The van der Waals surface area contributed by atoms with E-state index >= 15 is 0 Å². The molecule has 2 amide bonds. The smallest absolute Gasteiger partial charge is 0.352 e. The second kappa shape index (κ2) is 13.1. The van der Waals surface area contributed by atoms with E-state index in [1.807, 2.05) is 24.3 Å². The average molecular weight is 683 g/mol. The highest BCUT2D eigenvalue weighted by Crippen LogP contribution is 2.41. The molecule has 0 bridgehead atoms. The summed E-state index contributed by atoms with van der Waals surface area (Å²) in [6, 6.07) is 7.65. The van der Waals surface area contributed by atoms with Gasteiger partial charge in [0.1, 0.15) is 17.1 Å². The number of β-lactam (4-membered cyclic amide) rings is 1. The lowest BCUT2D eigenvalue weighted by atomic mass is 10.0. The van der Waals surface area contributed by atoms with Crippen LogP contribution in [0.25, 0.3) is 6.08 Å². The molecule has 16 nitrogen and oxygen atoms in total. The maximum Gasteiger partial charge on any atom is 0.352 e. The van der Waals surface area contributed by atoms with Gasteiger partial charge in [-0.05, 0) is 25.0 Å². The summed E-state index contributed by atoms with van der Waals surface area (Å²) in [6.07, 6.45) is 6.38. The average Bonchev–Trinajstić information content (AvgIpc) is 3.46. The number of benzene rings is 1. The number of hydrogen-bond acceptors (Lipinski definition) is 13. The number of carboxylic acids is 2. The number of nitrogens with zero attached hydrogens (tertiary/aromatic N) is 5. The molecular formula is C29H28N7O9S2+. The van der Waals surface area contributed by atoms with Crippen molar-refractivity contribution in [1.29, 1.82) is 0 Å². The number of nitrogen functional groups attached to an aromatic ring is 1. The first-order valence-corrected chi connectivity index (χ1v) is 15.6. The molecule has 47 heavy (non-hydrogen) atoms. The molecular weight excluding hydrogens is 654 g/mol. The molecule has 2 atom stereocenters. The standard InChI is InChI=1S/C29H27N7O9S2/c1-29(2,27(43)44)45-33-19(22-32-28(30)47-34-22)23(39)31-20-24(40)36-21(26(41)42)16(13-46-25(20)36)8-7-14-3-5-15(6-4-14)11-35-10-9-17(37)18(38)12-35/h3-10,12,20,25H,11,13H2,1-2H3,(H6,30,31,32,34,38,39,41,42,43,44)/p+1/b8-7+,33-19-/t20-,25-/m1/s1. The summed E-state index contributed by atoms with van der Waals surface area (Å²) in [5, 5.41) is 44.0. The van der Waals surface area contributed by atoms with E-state index in [9.17, 15) is 39.6 Å². The zero-order valence-corrected chi connectivity index (χ0v) is 26.4. The number of aromatic hydroxyl groups is 2. The third kappa shape index (κ3) is 7.02. The van der Waals surface area contributed by atoms with Crippen molar-refractivity contribution in [3.05, 3.63) is 77.0 Å². The minimum atomic E-state index is -1.81. The van der Waals surface area contributed by atoms with E-state index in [1.165, 1.54) is 37.9 Å². The number of fused-ring (bicyclic) bond motifs is 1. The van der Waals surface area contributed by atoms with Crippen molar-refractivity contribution in [1.82, 2.24) is 19.6 Å². The number of thioether (sulfide) groups is 1. The fourth-order valence-corrected chi connectivity index (χ4v) is 6.21. The summed E-state index contributed by atoms with van der Waals surface area (Å²) in [6.45, 7) is 2.87. The van der Waals surface area contributed by atoms with Gasteiger partial charge in [0.05, 0.1) is 0 Å². The zero-order chi connectivity index (χ0) is 34.0. The largest absolute Gasteiger partial charge is 0.504 e. The predicted molar refractivity (Wildman–Crippen MR) is 168 cm³/mol. The normalized spacial score (nSPS) is 18.1. The Bertz CT molecular complexity index is 1850. The summed E-state index contributed by atoms with van der Waals surface area (Å²) < 4.78 is 5.63. The molecule has 0 radical (unpaired) electrons. The topological polar surface area (TPSA) is 242 Å². The van der Waals surface area contributed by atoms with Gasteiger partial charge in [0.15, 0.2) is 23.6 Å². The lowest BCUT2D eigenvalue weighted by molar-refractivity contribution is -0.688. The van der Waals surface area contributed by atoms with Crippen LogP contribution in [-0.4, -0.2) is 86.9 Å². The first-order valence-electron chi connectivity index (χ1n) is 13.7. The van der Waals surface area contributed by atoms with Gasteiger partial charge >= 0.3 is 11.9 Å². The second-order valence-corrected chi connectivity index (χ2v) is 12.7. The Morgan fingerprint density at radius 3 is 2.51 bits per heavy atom. The van der Waals surface area contributed by atoms with Gasteiger partial charge in [0.25, 0.3) is 11.8 Å². The van der Waals surface area contributed by atoms with Crippen molar-refractivity contribution in [3.63, 3.8) is 0 Å². The molecule has 1 saturated heterocycles. The van der Waals surface area contributed by atoms with Gasteiger partial charge in [-0.3, -0.25) is 14.5 Å². The van der Waals surface area contributed by atoms with E-state index < -0.39 is 46.5 Å². The van der Waals surface area contributed by atoms with E-state index in [4.69, 9.17) is 10.6 Å². The number of aliphatic carboxylic acids is 2. The van der Waals surface area contributed by atoms with Crippen molar-refractivity contribution >= 4 is 64.0 Å². The van der Waals surface area contributed by atoms with Gasteiger partial charge < -0.3 is 36.3 Å². The highest BCUT2D eigenvalue weighted by molar-refractivity contribution is 8.00. The number of rotatable bonds is 11. The Kier molecular flexibility index (Phi) is 9.16. The molecule has 4 heterocycles. The molecule has 0 spiro atoms. The van der Waals surface area contributed by atoms with Crippen LogP contribution >= 0.6 is 23.3 Å². The summed E-state index contributed by atoms with van der Waals surface area (Å²) in [4.78, 5) is 60.3. The summed E-state index contributed by atoms with van der Waals surface area (Å²) in [5.74, 6) is -4.75. The number of nitrogens with one attached hydrogen (secondary N) is 1. The van der Waals surface area contributed by atoms with Crippen LogP contribution in [0.2, 0.25) is 0 Å². The molecule has 244 valence electrons. The number of carboxylic acid groups (broad SMARTS) is 2. The van der Waals surface area contributed by atoms with E-state index in [2.05, 4.69) is 19.8 Å². The Morgan fingerprint density at radius 2 is 1.89 bits per heavy atom. The van der Waals surface area contributed by atoms with Gasteiger partial charge in [-0.15, -0.1) is 11.8 Å². The molecule has 5 rings (SSSR count). The Morgan fingerprint density at radius 1 is 1.17 bits per heavy atom. The van der Waals surface area contributed by atoms with Crippen LogP contribution in [0.5, 0.6) is 11.5 Å². The summed E-state index contributed by atoms with van der Waals surface area (Å²) >= 11 is 2.01. The molecule has 18 heteroatoms. The first-order chi connectivity index (χ1) is 22.2. The molecule has 0 saturated carbocycles. The predicted octanol–water partition coefficient (Wildman–Crippen LogP) is 0.903. The summed E-state index contributed by atoms with van der Waals surface area (Å²) in [7, 11) is 0. The molecule has 2 aliphatic rings. The number of oxime groups is 1. The SMILES string of the molecule is CC(C)(O/N=C(\C(=O)N[C@@H]1C(=O)N2C(C(=O)O)=C(/C=C/c3ccc(C[n+]4ccc(O)c(O)c4)cc3)CS[C@H]12)c1nsc(N)n1)C(=O)O. The second-order valence-electron chi connectivity index (χ2n) is 10.8. The number of anilines is 1. The van der Waals surface area contributed by atoms with Crippen LogP contribution in [-0.2, 0) is 30.6 Å². The third-order valence-corrected chi connectivity index (χ3v) is 8.88. The molecule has 2 aliphatic heterocycles. The minimum absolute atomic E-state index is 0.00808. The number of nitrogens with two attached hydrogens (primary N) is 1. The Hall–Kier alpha value is -5.49. The maximum absolute atomic E-state index is 13.2. The zero-order valence-electron chi connectivity index (χ0n) is 24.7. The van der Waals surface area contributed by atoms with Gasteiger partial charge in [-0.1, -0.05) is 41.6 Å². The number of pyridine rings is 1. The van der Waals surface area contributed by atoms with Crippen molar-refractivity contribution in [2.75, 3.05) is 11.5 Å². The van der Waals surface area contributed by atoms with Crippen molar-refractivity contribution < 1.29 is 49.0 Å². The summed E-state index contributed by atoms with van der Waals surface area (Å²) in [5.41, 5.74) is 5.18. The van der Waals surface area contributed by atoms with Crippen LogP contribution in [0, 0.1) is 0 Å². The monoisotopic (exact) mass is 682 g/mol.